The van der Waals surface area contributed by atoms with Crippen molar-refractivity contribution >= 4 is 40.2 Å². The van der Waals surface area contributed by atoms with Gasteiger partial charge in [-0.1, -0.05) is 19.1 Å². The van der Waals surface area contributed by atoms with E-state index < -0.39 is 0 Å². The molecule has 7 heteroatoms. The van der Waals surface area contributed by atoms with E-state index in [1.807, 2.05) is 31.2 Å². The molecule has 100 valence electrons. The van der Waals surface area contributed by atoms with Crippen molar-refractivity contribution in [3.05, 3.63) is 27.8 Å². The fourth-order valence-electron chi connectivity index (χ4n) is 1.37. The fourth-order valence-corrected chi connectivity index (χ4v) is 1.89. The molecule has 0 amide bonds. The second-order valence-electron chi connectivity index (χ2n) is 3.75. The van der Waals surface area contributed by atoms with Gasteiger partial charge in [-0.3, -0.25) is 0 Å². The Morgan fingerprint density at radius 3 is 2.79 bits per heavy atom. The molecule has 1 aromatic heterocycles. The molecule has 0 atom stereocenters. The average Bonchev–Trinajstić information content (AvgIpc) is 2.38. The minimum atomic E-state index is 0.134. The Labute approximate surface area is 125 Å². The maximum absolute atomic E-state index is 5.64. The van der Waals surface area contributed by atoms with E-state index in [0.717, 1.165) is 15.7 Å². The second kappa shape index (κ2) is 6.50. The summed E-state index contributed by atoms with van der Waals surface area (Å²) in [6.07, 6.45) is 0.880. The summed E-state index contributed by atoms with van der Waals surface area (Å²) in [4.78, 5) is 12.1. The molecule has 0 saturated heterocycles. The lowest BCUT2D eigenvalue weighted by Gasteiger charge is -2.08. The molecule has 19 heavy (non-hydrogen) atoms. The Morgan fingerprint density at radius 2 is 2.05 bits per heavy atom. The highest BCUT2D eigenvalue weighted by molar-refractivity contribution is 14.1. The van der Waals surface area contributed by atoms with E-state index in [9.17, 15) is 0 Å². The highest BCUT2D eigenvalue weighted by atomic mass is 127. The minimum Gasteiger partial charge on any atom is -0.463 e. The summed E-state index contributed by atoms with van der Waals surface area (Å²) in [6.45, 7) is 2.56. The smallest absolute Gasteiger partial charge is 0.323 e. The second-order valence-corrected chi connectivity index (χ2v) is 4.92. The van der Waals surface area contributed by atoms with Crippen LogP contribution in [0.2, 0.25) is 0 Å². The first-order valence-electron chi connectivity index (χ1n) is 5.85. The van der Waals surface area contributed by atoms with E-state index in [2.05, 4.69) is 42.9 Å². The summed E-state index contributed by atoms with van der Waals surface area (Å²) in [7, 11) is 0. The number of nitrogens with one attached hydrogen (secondary N) is 1. The monoisotopic (exact) mass is 371 g/mol. The Morgan fingerprint density at radius 1 is 1.26 bits per heavy atom. The van der Waals surface area contributed by atoms with Gasteiger partial charge in [-0.15, -0.1) is 0 Å². The molecule has 0 fully saturated rings. The predicted molar refractivity (Wildman–Crippen MR) is 82.5 cm³/mol. The van der Waals surface area contributed by atoms with Gasteiger partial charge in [0.1, 0.15) is 0 Å². The quantitative estimate of drug-likeness (QED) is 0.786. The summed E-state index contributed by atoms with van der Waals surface area (Å²) in [5, 5.41) is 3.10. The summed E-state index contributed by atoms with van der Waals surface area (Å²) in [5.41, 5.74) is 6.55. The lowest BCUT2D eigenvalue weighted by molar-refractivity contribution is 0.292. The average molecular weight is 371 g/mol. The maximum atomic E-state index is 5.64. The Bertz CT molecular complexity index is 564. The van der Waals surface area contributed by atoms with Crippen LogP contribution in [0.4, 0.5) is 17.6 Å². The van der Waals surface area contributed by atoms with Crippen LogP contribution in [0, 0.1) is 3.57 Å². The maximum Gasteiger partial charge on any atom is 0.323 e. The van der Waals surface area contributed by atoms with Gasteiger partial charge in [-0.25, -0.2) is 0 Å². The van der Waals surface area contributed by atoms with E-state index in [-0.39, 0.29) is 12.0 Å². The zero-order valence-corrected chi connectivity index (χ0v) is 12.6. The number of nitrogens with zero attached hydrogens (tertiary/aromatic N) is 3. The molecule has 3 N–H and O–H groups in total. The van der Waals surface area contributed by atoms with Gasteiger partial charge >= 0.3 is 6.01 Å². The van der Waals surface area contributed by atoms with Crippen LogP contribution in [0.5, 0.6) is 6.01 Å². The third kappa shape index (κ3) is 3.91. The number of halogens is 1. The zero-order chi connectivity index (χ0) is 13.7. The number of aromatic nitrogens is 3. The lowest BCUT2D eigenvalue weighted by atomic mass is 10.3. The van der Waals surface area contributed by atoms with E-state index in [1.54, 1.807) is 0 Å². The highest BCUT2D eigenvalue weighted by Gasteiger charge is 2.07. The molecule has 2 aromatic rings. The molecular formula is C12H14IN5O. The number of hydrogen-bond donors (Lipinski definition) is 2. The first kappa shape index (κ1) is 13.8. The molecule has 1 heterocycles. The van der Waals surface area contributed by atoms with Crippen LogP contribution in [0.3, 0.4) is 0 Å². The van der Waals surface area contributed by atoms with Crippen LogP contribution in [-0.2, 0) is 0 Å². The molecule has 0 aliphatic heterocycles. The van der Waals surface area contributed by atoms with Crippen molar-refractivity contribution < 1.29 is 4.74 Å². The standard InChI is InChI=1S/C12H14IN5O/c1-2-7-19-12-17-10(14)16-11(18-12)15-9-6-4-3-5-8(9)13/h3-6H,2,7H2,1H3,(H3,14,15,16,17,18). The van der Waals surface area contributed by atoms with Crippen LogP contribution in [-0.4, -0.2) is 21.6 Å². The zero-order valence-electron chi connectivity index (χ0n) is 10.4. The van der Waals surface area contributed by atoms with E-state index in [0.29, 0.717) is 12.6 Å². The van der Waals surface area contributed by atoms with Crippen molar-refractivity contribution in [1.29, 1.82) is 0 Å². The van der Waals surface area contributed by atoms with Crippen molar-refractivity contribution in [3.63, 3.8) is 0 Å². The van der Waals surface area contributed by atoms with Gasteiger partial charge in [-0.05, 0) is 41.1 Å². The Hall–Kier alpha value is -1.64. The third-order valence-corrected chi connectivity index (χ3v) is 3.13. The molecular weight excluding hydrogens is 357 g/mol. The Kier molecular flexibility index (Phi) is 4.72. The van der Waals surface area contributed by atoms with Crippen molar-refractivity contribution in [3.8, 4) is 6.01 Å². The topological polar surface area (TPSA) is 86.0 Å². The molecule has 0 spiro atoms. The molecule has 6 nitrogen and oxygen atoms in total. The van der Waals surface area contributed by atoms with E-state index in [1.165, 1.54) is 0 Å². The van der Waals surface area contributed by atoms with Crippen LogP contribution >= 0.6 is 22.6 Å². The van der Waals surface area contributed by atoms with Gasteiger partial charge in [0.25, 0.3) is 0 Å². The fraction of sp³-hybridized carbons (Fsp3) is 0.250. The number of benzene rings is 1. The van der Waals surface area contributed by atoms with Gasteiger partial charge < -0.3 is 15.8 Å². The van der Waals surface area contributed by atoms with Gasteiger partial charge in [0.2, 0.25) is 11.9 Å². The van der Waals surface area contributed by atoms with Crippen LogP contribution in [0.1, 0.15) is 13.3 Å². The number of para-hydroxylation sites is 1. The molecule has 0 saturated carbocycles. The molecule has 0 unspecified atom stereocenters. The van der Waals surface area contributed by atoms with Crippen LogP contribution < -0.4 is 15.8 Å². The molecule has 0 bridgehead atoms. The van der Waals surface area contributed by atoms with Crippen molar-refractivity contribution in [2.45, 2.75) is 13.3 Å². The highest BCUT2D eigenvalue weighted by Crippen LogP contribution is 2.21. The van der Waals surface area contributed by atoms with Crippen molar-refractivity contribution in [2.75, 3.05) is 17.7 Å². The van der Waals surface area contributed by atoms with Gasteiger partial charge in [0.05, 0.1) is 12.3 Å². The predicted octanol–water partition coefficient (Wildman–Crippen LogP) is 2.59. The first-order chi connectivity index (χ1) is 9.19. The molecule has 1 aromatic carbocycles. The van der Waals surface area contributed by atoms with Crippen molar-refractivity contribution in [2.24, 2.45) is 0 Å². The molecule has 0 aliphatic rings. The summed E-state index contributed by atoms with van der Waals surface area (Å²) < 4.78 is 6.43. The number of hydrogen-bond acceptors (Lipinski definition) is 6. The molecule has 2 rings (SSSR count). The summed E-state index contributed by atoms with van der Waals surface area (Å²) in [6, 6.07) is 8.06. The summed E-state index contributed by atoms with van der Waals surface area (Å²) in [5.74, 6) is 0.511. The summed E-state index contributed by atoms with van der Waals surface area (Å²) >= 11 is 2.23. The normalized spacial score (nSPS) is 10.2. The number of anilines is 3. The Balaban J connectivity index is 2.20. The van der Waals surface area contributed by atoms with Gasteiger partial charge in [0, 0.05) is 3.57 Å². The van der Waals surface area contributed by atoms with E-state index >= 15 is 0 Å². The number of rotatable bonds is 5. The molecule has 0 radical (unpaired) electrons. The van der Waals surface area contributed by atoms with Gasteiger partial charge in [-0.2, -0.15) is 15.0 Å². The first-order valence-corrected chi connectivity index (χ1v) is 6.93. The van der Waals surface area contributed by atoms with Crippen LogP contribution in [0.25, 0.3) is 0 Å². The largest absolute Gasteiger partial charge is 0.463 e. The lowest BCUT2D eigenvalue weighted by Crippen LogP contribution is -2.07. The molecule has 0 aliphatic carbocycles. The van der Waals surface area contributed by atoms with Gasteiger partial charge in [0.15, 0.2) is 0 Å². The third-order valence-electron chi connectivity index (χ3n) is 2.19. The number of nitrogen functional groups attached to an aromatic ring is 1. The van der Waals surface area contributed by atoms with Crippen molar-refractivity contribution in [1.82, 2.24) is 15.0 Å². The van der Waals surface area contributed by atoms with E-state index in [4.69, 9.17) is 10.5 Å². The minimum absolute atomic E-state index is 0.134. The number of nitrogens with two attached hydrogens (primary N) is 1. The SMILES string of the molecule is CCCOc1nc(N)nc(Nc2ccccc2I)n1. The number of ether oxygens (including phenoxy) is 1. The van der Waals surface area contributed by atoms with Crippen LogP contribution in [0.15, 0.2) is 24.3 Å².